The first-order chi connectivity index (χ1) is 28.3. The lowest BCUT2D eigenvalue weighted by Gasteiger charge is -2.15. The zero-order valence-electron chi connectivity index (χ0n) is 31.6. The van der Waals surface area contributed by atoms with E-state index in [1.807, 2.05) is 141 Å². The number of para-hydroxylation sites is 2. The van der Waals surface area contributed by atoms with Crippen molar-refractivity contribution >= 4 is 49.2 Å². The fourth-order valence-corrected chi connectivity index (χ4v) is 7.74. The Hall–Kier alpha value is -8.67. The SMILES string of the molecule is C=C(C)c1cc(C#N)ccc1C.N#Cc1ccc2c(c1)c1ccccc1n2-c1cc(-c2ccc(C#N)c(-n3c4ccccc4c4cc(C#N)ccc43)c2)ccc1C#N. The van der Waals surface area contributed by atoms with Crippen molar-refractivity contribution in [3.63, 3.8) is 0 Å². The van der Waals surface area contributed by atoms with Gasteiger partial charge < -0.3 is 9.13 Å². The van der Waals surface area contributed by atoms with Gasteiger partial charge in [0.05, 0.1) is 79.5 Å². The predicted molar refractivity (Wildman–Crippen MR) is 230 cm³/mol. The fraction of sp³-hybridized carbons (Fsp3) is 0.0392. The summed E-state index contributed by atoms with van der Waals surface area (Å²) in [6.07, 6.45) is 0. The standard InChI is InChI=1S/C40H20N6.C11H11N/c41-21-25-9-15-37-33(17-25)31-5-1-3-7-35(31)45(37)39-19-27(11-13-29(39)23-43)28-12-14-30(24-44)40(20-28)46-36-8-4-2-6-32(36)34-18-26(22-42)10-16-38(34)46;1-8(2)11-6-10(7-12)5-4-9(11)3/h1-20H;4-6H,1H2,2-3H3. The van der Waals surface area contributed by atoms with Crippen molar-refractivity contribution in [1.82, 2.24) is 9.13 Å². The molecule has 2 aromatic heterocycles. The van der Waals surface area contributed by atoms with E-state index in [4.69, 9.17) is 5.26 Å². The fourth-order valence-electron chi connectivity index (χ4n) is 7.74. The number of aromatic nitrogens is 2. The molecule has 0 fully saturated rings. The molecule has 58 heavy (non-hydrogen) atoms. The minimum atomic E-state index is 0.514. The second-order valence-corrected chi connectivity index (χ2v) is 14.0. The normalized spacial score (nSPS) is 10.6. The summed E-state index contributed by atoms with van der Waals surface area (Å²) in [5.74, 6) is 0. The van der Waals surface area contributed by atoms with Crippen LogP contribution in [0, 0.1) is 63.6 Å². The van der Waals surface area contributed by atoms with Crippen LogP contribution in [-0.2, 0) is 0 Å². The number of benzene rings is 7. The Morgan fingerprint density at radius 2 is 0.862 bits per heavy atom. The lowest BCUT2D eigenvalue weighted by Crippen LogP contribution is -2.00. The van der Waals surface area contributed by atoms with E-state index >= 15 is 0 Å². The largest absolute Gasteiger partial charge is 0.308 e. The van der Waals surface area contributed by atoms with E-state index < -0.39 is 0 Å². The molecule has 7 heteroatoms. The number of hydrogen-bond donors (Lipinski definition) is 0. The summed E-state index contributed by atoms with van der Waals surface area (Å²) >= 11 is 0. The highest BCUT2D eigenvalue weighted by atomic mass is 15.0. The molecule has 0 aliphatic carbocycles. The Bertz CT molecular complexity index is 3200. The molecule has 0 saturated heterocycles. The maximum atomic E-state index is 10.2. The van der Waals surface area contributed by atoms with Crippen molar-refractivity contribution in [3.05, 3.63) is 185 Å². The number of nitriles is 5. The molecule has 7 aromatic carbocycles. The lowest BCUT2D eigenvalue weighted by molar-refractivity contribution is 1.16. The second kappa shape index (κ2) is 14.9. The number of nitrogens with zero attached hydrogens (tertiary/aromatic N) is 7. The minimum absolute atomic E-state index is 0.514. The molecule has 0 unspecified atom stereocenters. The van der Waals surface area contributed by atoms with Gasteiger partial charge in [0.15, 0.2) is 0 Å². The van der Waals surface area contributed by atoms with Gasteiger partial charge in [-0.3, -0.25) is 0 Å². The highest BCUT2D eigenvalue weighted by molar-refractivity contribution is 6.11. The van der Waals surface area contributed by atoms with Gasteiger partial charge in [-0.15, -0.1) is 0 Å². The van der Waals surface area contributed by atoms with Crippen LogP contribution < -0.4 is 0 Å². The molecule has 9 rings (SSSR count). The van der Waals surface area contributed by atoms with Crippen LogP contribution in [0.4, 0.5) is 0 Å². The molecule has 9 aromatic rings. The molecule has 2 heterocycles. The first-order valence-electron chi connectivity index (χ1n) is 18.4. The van der Waals surface area contributed by atoms with E-state index in [0.717, 1.165) is 77.2 Å². The van der Waals surface area contributed by atoms with E-state index in [2.05, 4.69) is 46.1 Å². The zero-order valence-corrected chi connectivity index (χ0v) is 31.6. The zero-order chi connectivity index (χ0) is 40.5. The topological polar surface area (TPSA) is 129 Å². The van der Waals surface area contributed by atoms with Crippen molar-refractivity contribution < 1.29 is 0 Å². The van der Waals surface area contributed by atoms with Crippen LogP contribution >= 0.6 is 0 Å². The molecular weight excluding hydrogens is 711 g/mol. The number of fused-ring (bicyclic) bond motifs is 6. The minimum Gasteiger partial charge on any atom is -0.308 e. The van der Waals surface area contributed by atoms with Crippen LogP contribution in [0.15, 0.2) is 146 Å². The molecule has 270 valence electrons. The van der Waals surface area contributed by atoms with E-state index in [-0.39, 0.29) is 0 Å². The van der Waals surface area contributed by atoms with Crippen molar-refractivity contribution in [1.29, 1.82) is 26.3 Å². The molecule has 0 aliphatic heterocycles. The average Bonchev–Trinajstić information content (AvgIpc) is 3.78. The smallest absolute Gasteiger partial charge is 0.101 e. The Morgan fingerprint density at radius 1 is 0.448 bits per heavy atom. The van der Waals surface area contributed by atoms with Crippen LogP contribution in [0.2, 0.25) is 0 Å². The molecular formula is C51H31N7. The van der Waals surface area contributed by atoms with Crippen LogP contribution in [0.1, 0.15) is 45.9 Å². The number of allylic oxidation sites excluding steroid dienone is 1. The number of hydrogen-bond acceptors (Lipinski definition) is 5. The summed E-state index contributed by atoms with van der Waals surface area (Å²) in [4.78, 5) is 0. The third-order valence-electron chi connectivity index (χ3n) is 10.5. The molecule has 0 atom stereocenters. The summed E-state index contributed by atoms with van der Waals surface area (Å²) in [6, 6.07) is 55.8. The quantitative estimate of drug-likeness (QED) is 0.177. The monoisotopic (exact) mass is 741 g/mol. The molecule has 0 bridgehead atoms. The van der Waals surface area contributed by atoms with Gasteiger partial charge >= 0.3 is 0 Å². The molecule has 0 saturated carbocycles. The number of rotatable bonds is 4. The maximum absolute atomic E-state index is 10.2. The van der Waals surface area contributed by atoms with Gasteiger partial charge in [-0.2, -0.15) is 26.3 Å². The molecule has 0 radical (unpaired) electrons. The third-order valence-corrected chi connectivity index (χ3v) is 10.5. The van der Waals surface area contributed by atoms with Crippen LogP contribution in [0.25, 0.3) is 71.7 Å². The number of aryl methyl sites for hydroxylation is 1. The highest BCUT2D eigenvalue weighted by Crippen LogP contribution is 2.38. The van der Waals surface area contributed by atoms with Gasteiger partial charge in [-0.05, 0) is 121 Å². The van der Waals surface area contributed by atoms with E-state index in [1.54, 1.807) is 12.1 Å². The van der Waals surface area contributed by atoms with Crippen molar-refractivity contribution in [2.45, 2.75) is 13.8 Å². The van der Waals surface area contributed by atoms with Crippen LogP contribution in [-0.4, -0.2) is 9.13 Å². The van der Waals surface area contributed by atoms with Crippen LogP contribution in [0.3, 0.4) is 0 Å². The summed E-state index contributed by atoms with van der Waals surface area (Å²) < 4.78 is 4.16. The molecule has 0 N–H and O–H groups in total. The van der Waals surface area contributed by atoms with Crippen molar-refractivity contribution in [2.24, 2.45) is 0 Å². The van der Waals surface area contributed by atoms with Crippen LogP contribution in [0.5, 0.6) is 0 Å². The van der Waals surface area contributed by atoms with Gasteiger partial charge in [0, 0.05) is 21.5 Å². The third kappa shape index (κ3) is 6.17. The Kier molecular flexibility index (Phi) is 9.31. The first kappa shape index (κ1) is 36.3. The molecule has 0 amide bonds. The lowest BCUT2D eigenvalue weighted by atomic mass is 9.99. The van der Waals surface area contributed by atoms with Crippen molar-refractivity contribution in [2.75, 3.05) is 0 Å². The van der Waals surface area contributed by atoms with Crippen molar-refractivity contribution in [3.8, 4) is 52.8 Å². The van der Waals surface area contributed by atoms with Gasteiger partial charge in [-0.1, -0.05) is 66.7 Å². The first-order valence-corrected chi connectivity index (χ1v) is 18.4. The van der Waals surface area contributed by atoms with E-state index in [0.29, 0.717) is 27.8 Å². The second-order valence-electron chi connectivity index (χ2n) is 14.0. The Labute approximate surface area is 335 Å². The summed E-state index contributed by atoms with van der Waals surface area (Å²) in [5, 5.41) is 52.1. The highest BCUT2D eigenvalue weighted by Gasteiger charge is 2.19. The van der Waals surface area contributed by atoms with Gasteiger partial charge in [0.1, 0.15) is 12.1 Å². The van der Waals surface area contributed by atoms with E-state index in [1.165, 1.54) is 5.56 Å². The molecule has 0 spiro atoms. The predicted octanol–water partition coefficient (Wildman–Crippen LogP) is 11.9. The van der Waals surface area contributed by atoms with Gasteiger partial charge in [0.2, 0.25) is 0 Å². The average molecular weight is 742 g/mol. The Balaban J connectivity index is 0.000000338. The summed E-state index contributed by atoms with van der Waals surface area (Å²) in [6.45, 7) is 7.82. The van der Waals surface area contributed by atoms with E-state index in [9.17, 15) is 21.0 Å². The molecule has 0 aliphatic rings. The van der Waals surface area contributed by atoms with Gasteiger partial charge in [0.25, 0.3) is 0 Å². The van der Waals surface area contributed by atoms with Gasteiger partial charge in [-0.25, -0.2) is 0 Å². The maximum Gasteiger partial charge on any atom is 0.101 e. The summed E-state index contributed by atoms with van der Waals surface area (Å²) in [7, 11) is 0. The Morgan fingerprint density at radius 3 is 1.29 bits per heavy atom. The molecule has 7 nitrogen and oxygen atoms in total. The summed E-state index contributed by atoms with van der Waals surface area (Å²) in [5.41, 5.74) is 13.0.